The van der Waals surface area contributed by atoms with E-state index in [4.69, 9.17) is 0 Å². The van der Waals surface area contributed by atoms with Crippen LogP contribution >= 0.6 is 0 Å². The third-order valence-corrected chi connectivity index (χ3v) is 23.0. The molecule has 4 heteroatoms. The van der Waals surface area contributed by atoms with Crippen LogP contribution in [0.1, 0.15) is 193 Å². The van der Waals surface area contributed by atoms with Gasteiger partial charge in [0.25, 0.3) is 6.71 Å². The summed E-state index contributed by atoms with van der Waals surface area (Å²) in [7, 11) is 0. The van der Waals surface area contributed by atoms with E-state index in [0.717, 1.165) is 23.7 Å². The van der Waals surface area contributed by atoms with Gasteiger partial charge in [-0.2, -0.15) is 0 Å². The number of para-hydroxylation sites is 2. The van der Waals surface area contributed by atoms with Gasteiger partial charge in [-0.25, -0.2) is 0 Å². The van der Waals surface area contributed by atoms with Gasteiger partial charge in [-0.3, -0.25) is 0 Å². The van der Waals surface area contributed by atoms with Crippen LogP contribution in [0.2, 0.25) is 0 Å². The molecule has 5 fully saturated rings. The lowest BCUT2D eigenvalue weighted by Gasteiger charge is -2.61. The van der Waals surface area contributed by atoms with Crippen molar-refractivity contribution in [3.05, 3.63) is 149 Å². The Morgan fingerprint density at radius 3 is 1.60 bits per heavy atom. The van der Waals surface area contributed by atoms with Gasteiger partial charge in [-0.05, 0) is 245 Å². The molecule has 3 aliphatic heterocycles. The number of benzene rings is 6. The smallest absolute Gasteiger partial charge is 0.252 e. The van der Waals surface area contributed by atoms with Gasteiger partial charge < -0.3 is 14.7 Å². The fourth-order valence-corrected chi connectivity index (χ4v) is 19.1. The predicted molar refractivity (Wildman–Crippen MR) is 318 cm³/mol. The molecular weight excluding hydrogens is 906 g/mol. The molecule has 3 heterocycles. The highest BCUT2D eigenvalue weighted by molar-refractivity contribution is 7.00. The normalized spacial score (nSPS) is 29.1. The molecule has 75 heavy (non-hydrogen) atoms. The first kappa shape index (κ1) is 47.0. The van der Waals surface area contributed by atoms with E-state index in [2.05, 4.69) is 199 Å². The molecule has 0 spiro atoms. The van der Waals surface area contributed by atoms with E-state index in [9.17, 15) is 0 Å². The Balaban J connectivity index is 0.975. The summed E-state index contributed by atoms with van der Waals surface area (Å²) in [4.78, 5) is 8.34. The van der Waals surface area contributed by atoms with Crippen molar-refractivity contribution in [3.63, 3.8) is 0 Å². The van der Waals surface area contributed by atoms with Crippen LogP contribution in [0, 0.1) is 29.1 Å². The van der Waals surface area contributed by atoms with Crippen LogP contribution in [-0.2, 0) is 27.1 Å². The molecule has 0 saturated heterocycles. The molecule has 0 N–H and O–H groups in total. The van der Waals surface area contributed by atoms with Gasteiger partial charge in [0.15, 0.2) is 0 Å². The molecular formula is C71H82BN3. The fraction of sp³-hybridized carbons (Fsp3) is 0.493. The molecule has 10 aliphatic rings. The average molecular weight is 988 g/mol. The van der Waals surface area contributed by atoms with Crippen LogP contribution in [0.15, 0.2) is 115 Å². The molecule has 6 aromatic carbocycles. The Morgan fingerprint density at radius 2 is 0.933 bits per heavy atom. The topological polar surface area (TPSA) is 9.72 Å². The standard InChI is InChI=1S/C71H82BN3/c1-66(2)29-30-67(3,4)53-36-50(27-28-51(53)66)75-61-22-16-21-60-65(61)72(57-37-54-55(39-63(57)75)69(7,8)32-31-68(54,5)6)58-38-56-62(73(48-17-12-11-13-18-48)59-20-15-14-19-52(59)70(56,9)10)40-64(58)74(60)49-25-23-47(24-26-49)71-41-44-33-45(42-71)35-46(34-44)43-71/h11-22,27-28,36-40,44-47,49H,23-26,29-35,41-43H2,1-10H3. The molecule has 16 rings (SSSR count). The van der Waals surface area contributed by atoms with Gasteiger partial charge in [-0.15, -0.1) is 0 Å². The van der Waals surface area contributed by atoms with E-state index in [0.29, 0.717) is 11.5 Å². The molecule has 0 aromatic heterocycles. The van der Waals surface area contributed by atoms with Gasteiger partial charge in [0.1, 0.15) is 0 Å². The summed E-state index contributed by atoms with van der Waals surface area (Å²) in [6, 6.07) is 47.1. The van der Waals surface area contributed by atoms with Gasteiger partial charge in [0.05, 0.1) is 11.4 Å². The van der Waals surface area contributed by atoms with Crippen LogP contribution in [0.25, 0.3) is 0 Å². The van der Waals surface area contributed by atoms with Gasteiger partial charge >= 0.3 is 0 Å². The van der Waals surface area contributed by atoms with Crippen molar-refractivity contribution in [1.82, 2.24) is 0 Å². The van der Waals surface area contributed by atoms with Gasteiger partial charge in [0.2, 0.25) is 0 Å². The van der Waals surface area contributed by atoms with Crippen LogP contribution < -0.4 is 31.1 Å². The van der Waals surface area contributed by atoms with Crippen molar-refractivity contribution in [2.24, 2.45) is 29.1 Å². The molecule has 3 nitrogen and oxygen atoms in total. The summed E-state index contributed by atoms with van der Waals surface area (Å²) in [5, 5.41) is 0. The average Bonchev–Trinajstić information content (AvgIpc) is 3.39. The first-order valence-electron chi connectivity index (χ1n) is 30.0. The first-order chi connectivity index (χ1) is 35.8. The maximum absolute atomic E-state index is 2.96. The van der Waals surface area contributed by atoms with E-state index in [-0.39, 0.29) is 33.8 Å². The minimum Gasteiger partial charge on any atom is -0.339 e. The number of anilines is 8. The molecule has 4 bridgehead atoms. The second-order valence-corrected chi connectivity index (χ2v) is 29.6. The second kappa shape index (κ2) is 15.7. The number of rotatable bonds is 4. The minimum absolute atomic E-state index is 0.0720. The van der Waals surface area contributed by atoms with Crippen LogP contribution in [0.5, 0.6) is 0 Å². The van der Waals surface area contributed by atoms with Crippen LogP contribution in [0.3, 0.4) is 0 Å². The molecule has 0 amide bonds. The summed E-state index contributed by atoms with van der Waals surface area (Å²) in [5.74, 6) is 3.89. The Kier molecular flexibility index (Phi) is 9.86. The highest BCUT2D eigenvalue weighted by atomic mass is 15.2. The summed E-state index contributed by atoms with van der Waals surface area (Å²) in [5.41, 5.74) is 25.1. The lowest BCUT2D eigenvalue weighted by atomic mass is 9.32. The molecule has 0 radical (unpaired) electrons. The third kappa shape index (κ3) is 6.71. The van der Waals surface area contributed by atoms with Crippen molar-refractivity contribution < 1.29 is 0 Å². The lowest BCUT2D eigenvalue weighted by molar-refractivity contribution is -0.0956. The number of fused-ring (bicyclic) bond motifs is 8. The van der Waals surface area contributed by atoms with E-state index in [1.807, 2.05) is 0 Å². The third-order valence-electron chi connectivity index (χ3n) is 23.0. The molecule has 6 aromatic rings. The zero-order valence-electron chi connectivity index (χ0n) is 47.2. The largest absolute Gasteiger partial charge is 0.339 e. The van der Waals surface area contributed by atoms with Gasteiger partial charge in [-0.1, -0.05) is 130 Å². The quantitative estimate of drug-likeness (QED) is 0.163. The maximum atomic E-state index is 2.96. The lowest BCUT2D eigenvalue weighted by Crippen LogP contribution is -2.63. The summed E-state index contributed by atoms with van der Waals surface area (Å²) in [6.07, 6.45) is 19.3. The Labute approximate surface area is 451 Å². The first-order valence-corrected chi connectivity index (χ1v) is 30.0. The van der Waals surface area contributed by atoms with Crippen LogP contribution in [-0.4, -0.2) is 12.8 Å². The highest BCUT2D eigenvalue weighted by Gasteiger charge is 2.56. The van der Waals surface area contributed by atoms with E-state index >= 15 is 0 Å². The summed E-state index contributed by atoms with van der Waals surface area (Å²) >= 11 is 0. The van der Waals surface area contributed by atoms with E-state index in [1.54, 1.807) is 5.56 Å². The molecule has 384 valence electrons. The number of hydrogen-bond acceptors (Lipinski definition) is 3. The molecule has 5 saturated carbocycles. The van der Waals surface area contributed by atoms with Crippen molar-refractivity contribution in [1.29, 1.82) is 0 Å². The maximum Gasteiger partial charge on any atom is 0.252 e. The summed E-state index contributed by atoms with van der Waals surface area (Å²) in [6.45, 7) is 25.2. The summed E-state index contributed by atoms with van der Waals surface area (Å²) < 4.78 is 0. The fourth-order valence-electron chi connectivity index (χ4n) is 19.1. The predicted octanol–water partition coefficient (Wildman–Crippen LogP) is 17.0. The molecule has 0 atom stereocenters. The number of hydrogen-bond donors (Lipinski definition) is 0. The molecule has 7 aliphatic carbocycles. The SMILES string of the molecule is CC1(C)CCC(C)(C)c2cc(N3c4cc5c(cc4B4c6cc7c(cc6N(C6CCC(C89CC%10CC(CC(C%10)C8)C9)CC6)c6cccc3c64)N(c3ccccc3)c3ccccc3C7(C)C)C(C)(C)CCC5(C)C)ccc21. The Morgan fingerprint density at radius 1 is 0.400 bits per heavy atom. The molecule has 0 unspecified atom stereocenters. The highest BCUT2D eigenvalue weighted by Crippen LogP contribution is 2.65. The second-order valence-electron chi connectivity index (χ2n) is 29.6. The Hall–Kier alpha value is -5.22. The van der Waals surface area contributed by atoms with Gasteiger partial charge in [0, 0.05) is 45.6 Å². The zero-order valence-corrected chi connectivity index (χ0v) is 47.2. The van der Waals surface area contributed by atoms with Crippen molar-refractivity contribution in [2.45, 2.75) is 192 Å². The van der Waals surface area contributed by atoms with Crippen molar-refractivity contribution >= 4 is 68.6 Å². The Bertz CT molecular complexity index is 3310. The van der Waals surface area contributed by atoms with Crippen molar-refractivity contribution in [2.75, 3.05) is 14.7 Å². The monoisotopic (exact) mass is 988 g/mol. The van der Waals surface area contributed by atoms with Crippen molar-refractivity contribution in [3.8, 4) is 0 Å². The minimum atomic E-state index is -0.220. The van der Waals surface area contributed by atoms with E-state index < -0.39 is 0 Å². The zero-order chi connectivity index (χ0) is 51.3. The van der Waals surface area contributed by atoms with E-state index in [1.165, 1.54) is 180 Å². The number of nitrogens with zero attached hydrogens (tertiary/aromatic N) is 3. The van der Waals surface area contributed by atoms with Crippen LogP contribution in [0.4, 0.5) is 45.5 Å².